The smallest absolute Gasteiger partial charge is 0.326 e. The Labute approximate surface area is 214 Å². The molecule has 3 amide bonds. The Bertz CT molecular complexity index is 911. The number of hydrogen-bond acceptors (Lipinski definition) is 8. The lowest BCUT2D eigenvalue weighted by Gasteiger charge is -2.26. The summed E-state index contributed by atoms with van der Waals surface area (Å²) in [6.45, 7) is 1.47. The molecule has 11 N–H and O–H groups in total. The lowest BCUT2D eigenvalue weighted by atomic mass is 10.0. The number of aliphatic hydroxyl groups excluding tert-OH is 1. The van der Waals surface area contributed by atoms with Gasteiger partial charge in [-0.15, -0.1) is 0 Å². The third kappa shape index (κ3) is 10.9. The van der Waals surface area contributed by atoms with E-state index in [4.69, 9.17) is 17.2 Å². The molecular weight excluding hydrogens is 490 g/mol. The first-order valence-electron chi connectivity index (χ1n) is 11.2. The number of hydrogen-bond donors (Lipinski definition) is 9. The second-order valence-electron chi connectivity index (χ2n) is 8.12. The fraction of sp³-hybridized carbons (Fsp3) is 0.500. The molecule has 0 saturated heterocycles. The normalized spacial score (nSPS) is 14.9. The van der Waals surface area contributed by atoms with Crippen LogP contribution in [-0.2, 0) is 25.6 Å². The Morgan fingerprint density at radius 1 is 1.00 bits per heavy atom. The van der Waals surface area contributed by atoms with Crippen LogP contribution in [0.15, 0.2) is 35.3 Å². The molecule has 0 aromatic heterocycles. The quantitative estimate of drug-likeness (QED) is 0.0507. The summed E-state index contributed by atoms with van der Waals surface area (Å²) in [6.07, 6.45) is -0.969. The zero-order valence-corrected chi connectivity index (χ0v) is 20.9. The van der Waals surface area contributed by atoms with Crippen LogP contribution < -0.4 is 33.2 Å². The number of rotatable bonds is 15. The maximum absolute atomic E-state index is 13.1. The Morgan fingerprint density at radius 3 is 2.14 bits per heavy atom. The standard InChI is InChI=1S/C22H35N7O6S/c1-12(30)17(29-18(31)14(23)11-36)20(33)28-16(10-13-6-3-2-4-7-13)19(32)27-15(21(34)35)8-5-9-26-22(24)25/h2-4,6-7,12,14-17,30,36H,5,8-11,23H2,1H3,(H,27,32)(H,28,33)(H,29,31)(H,34,35)(H4,24,25,26). The number of carboxylic acids is 1. The van der Waals surface area contributed by atoms with E-state index >= 15 is 0 Å². The maximum Gasteiger partial charge on any atom is 0.326 e. The predicted octanol–water partition coefficient (Wildman–Crippen LogP) is -2.54. The molecule has 0 bridgehead atoms. The molecule has 200 valence electrons. The summed E-state index contributed by atoms with van der Waals surface area (Å²) >= 11 is 3.94. The number of guanidine groups is 1. The lowest BCUT2D eigenvalue weighted by Crippen LogP contribution is -2.60. The van der Waals surface area contributed by atoms with E-state index in [1.54, 1.807) is 30.3 Å². The van der Waals surface area contributed by atoms with Crippen molar-refractivity contribution >= 4 is 42.3 Å². The molecule has 0 radical (unpaired) electrons. The Balaban J connectivity index is 3.05. The molecule has 0 aliphatic heterocycles. The number of nitrogens with one attached hydrogen (secondary N) is 3. The maximum atomic E-state index is 13.1. The summed E-state index contributed by atoms with van der Waals surface area (Å²) in [5.74, 6) is -3.70. The van der Waals surface area contributed by atoms with Gasteiger partial charge in [-0.2, -0.15) is 12.6 Å². The van der Waals surface area contributed by atoms with E-state index in [0.717, 1.165) is 0 Å². The van der Waals surface area contributed by atoms with Gasteiger partial charge in [0.25, 0.3) is 0 Å². The van der Waals surface area contributed by atoms with Crippen molar-refractivity contribution in [1.82, 2.24) is 16.0 Å². The number of aliphatic carboxylic acids is 1. The van der Waals surface area contributed by atoms with Gasteiger partial charge < -0.3 is 43.4 Å². The monoisotopic (exact) mass is 525 g/mol. The minimum atomic E-state index is -1.41. The number of nitrogens with zero attached hydrogens (tertiary/aromatic N) is 1. The van der Waals surface area contributed by atoms with Crippen LogP contribution >= 0.6 is 12.6 Å². The molecule has 1 aromatic carbocycles. The third-order valence-electron chi connectivity index (χ3n) is 5.07. The minimum absolute atomic E-state index is 0.0127. The second-order valence-corrected chi connectivity index (χ2v) is 8.48. The van der Waals surface area contributed by atoms with E-state index in [1.807, 2.05) is 0 Å². The number of carbonyl (C=O) groups excluding carboxylic acids is 3. The van der Waals surface area contributed by atoms with Crippen molar-refractivity contribution in [1.29, 1.82) is 0 Å². The van der Waals surface area contributed by atoms with E-state index < -0.39 is 54.0 Å². The SMILES string of the molecule is CC(O)C(NC(=O)C(N)CS)C(=O)NC(Cc1ccccc1)C(=O)NC(CCCN=C(N)N)C(=O)O. The zero-order valence-electron chi connectivity index (χ0n) is 20.0. The molecule has 13 nitrogen and oxygen atoms in total. The van der Waals surface area contributed by atoms with Crippen LogP contribution in [0.1, 0.15) is 25.3 Å². The topological polar surface area (TPSA) is 235 Å². The fourth-order valence-electron chi connectivity index (χ4n) is 3.10. The number of aliphatic imine (C=N–C) groups is 1. The van der Waals surface area contributed by atoms with Crippen LogP contribution in [0.4, 0.5) is 0 Å². The van der Waals surface area contributed by atoms with Gasteiger partial charge >= 0.3 is 5.97 Å². The van der Waals surface area contributed by atoms with Crippen molar-refractivity contribution in [2.75, 3.05) is 12.3 Å². The van der Waals surface area contributed by atoms with E-state index in [1.165, 1.54) is 6.92 Å². The van der Waals surface area contributed by atoms with Gasteiger partial charge in [-0.25, -0.2) is 4.79 Å². The highest BCUT2D eigenvalue weighted by atomic mass is 32.1. The van der Waals surface area contributed by atoms with Crippen LogP contribution in [0, 0.1) is 0 Å². The molecule has 14 heteroatoms. The summed E-state index contributed by atoms with van der Waals surface area (Å²) in [4.78, 5) is 53.6. The molecule has 0 aliphatic carbocycles. The summed E-state index contributed by atoms with van der Waals surface area (Å²) in [6, 6.07) is 3.83. The Morgan fingerprint density at radius 2 is 1.61 bits per heavy atom. The van der Waals surface area contributed by atoms with Crippen molar-refractivity contribution in [3.8, 4) is 0 Å². The van der Waals surface area contributed by atoms with E-state index in [-0.39, 0.29) is 37.5 Å². The minimum Gasteiger partial charge on any atom is -0.480 e. The van der Waals surface area contributed by atoms with E-state index in [0.29, 0.717) is 5.56 Å². The zero-order chi connectivity index (χ0) is 27.3. The van der Waals surface area contributed by atoms with Gasteiger partial charge in [-0.3, -0.25) is 19.4 Å². The molecule has 0 aliphatic rings. The van der Waals surface area contributed by atoms with Gasteiger partial charge in [-0.1, -0.05) is 30.3 Å². The van der Waals surface area contributed by atoms with Crippen molar-refractivity contribution in [3.05, 3.63) is 35.9 Å². The third-order valence-corrected chi connectivity index (χ3v) is 5.47. The Kier molecular flexibility index (Phi) is 13.3. The largest absolute Gasteiger partial charge is 0.480 e. The van der Waals surface area contributed by atoms with Crippen LogP contribution in [0.25, 0.3) is 0 Å². The van der Waals surface area contributed by atoms with Crippen molar-refractivity contribution in [2.45, 2.75) is 56.5 Å². The molecule has 5 unspecified atom stereocenters. The average molecular weight is 526 g/mol. The lowest BCUT2D eigenvalue weighted by molar-refractivity contribution is -0.142. The van der Waals surface area contributed by atoms with Crippen LogP contribution in [-0.4, -0.2) is 82.4 Å². The van der Waals surface area contributed by atoms with Gasteiger partial charge in [0.15, 0.2) is 5.96 Å². The summed E-state index contributed by atoms with van der Waals surface area (Å²) < 4.78 is 0. The highest BCUT2D eigenvalue weighted by molar-refractivity contribution is 7.80. The molecule has 1 aromatic rings. The van der Waals surface area contributed by atoms with Crippen LogP contribution in [0.2, 0.25) is 0 Å². The summed E-state index contributed by atoms with van der Waals surface area (Å²) in [5.41, 5.74) is 16.8. The number of carboxylic acid groups (broad SMARTS) is 1. The predicted molar refractivity (Wildman–Crippen MR) is 137 cm³/mol. The molecule has 0 fully saturated rings. The Hall–Kier alpha value is -3.36. The number of amides is 3. The first kappa shape index (κ1) is 30.7. The molecule has 36 heavy (non-hydrogen) atoms. The highest BCUT2D eigenvalue weighted by Crippen LogP contribution is 2.07. The van der Waals surface area contributed by atoms with Gasteiger partial charge in [0, 0.05) is 18.7 Å². The molecule has 0 heterocycles. The molecule has 1 rings (SSSR count). The van der Waals surface area contributed by atoms with Crippen LogP contribution in [0.3, 0.4) is 0 Å². The van der Waals surface area contributed by atoms with Gasteiger partial charge in [-0.05, 0) is 25.3 Å². The van der Waals surface area contributed by atoms with Gasteiger partial charge in [0.1, 0.15) is 18.1 Å². The van der Waals surface area contributed by atoms with Gasteiger partial charge in [0.05, 0.1) is 12.1 Å². The molecule has 0 saturated carbocycles. The molecule has 5 atom stereocenters. The van der Waals surface area contributed by atoms with E-state index in [2.05, 4.69) is 33.6 Å². The number of benzene rings is 1. The summed E-state index contributed by atoms with van der Waals surface area (Å²) in [5, 5.41) is 26.9. The van der Waals surface area contributed by atoms with Crippen molar-refractivity contribution in [2.24, 2.45) is 22.2 Å². The van der Waals surface area contributed by atoms with Crippen molar-refractivity contribution < 1.29 is 29.4 Å². The molecule has 0 spiro atoms. The number of thiol groups is 1. The number of nitrogens with two attached hydrogens (primary N) is 3. The fourth-order valence-corrected chi connectivity index (χ4v) is 3.27. The highest BCUT2D eigenvalue weighted by Gasteiger charge is 2.32. The number of carbonyl (C=O) groups is 4. The van der Waals surface area contributed by atoms with Crippen LogP contribution in [0.5, 0.6) is 0 Å². The van der Waals surface area contributed by atoms with E-state index in [9.17, 15) is 29.4 Å². The summed E-state index contributed by atoms with van der Waals surface area (Å²) in [7, 11) is 0. The second kappa shape index (κ2) is 15.6. The van der Waals surface area contributed by atoms with Crippen molar-refractivity contribution in [3.63, 3.8) is 0 Å². The number of aliphatic hydroxyl groups is 1. The first-order chi connectivity index (χ1) is 17.0. The first-order valence-corrected chi connectivity index (χ1v) is 11.9. The molecular formula is C22H35N7O6S. The van der Waals surface area contributed by atoms with Gasteiger partial charge in [0.2, 0.25) is 17.7 Å². The average Bonchev–Trinajstić information content (AvgIpc) is 2.83.